The Labute approximate surface area is 155 Å². The minimum atomic E-state index is -0.219. The van der Waals surface area contributed by atoms with Gasteiger partial charge in [0.15, 0.2) is 0 Å². The fraction of sp³-hybridized carbons (Fsp3) is 0.600. The number of urea groups is 1. The molecule has 1 unspecified atom stereocenters. The second-order valence-corrected chi connectivity index (χ2v) is 7.22. The number of ether oxygens (including phenoxy) is 1. The molecule has 1 aromatic carbocycles. The van der Waals surface area contributed by atoms with Gasteiger partial charge in [0.05, 0.1) is 18.2 Å². The number of nitriles is 1. The fourth-order valence-corrected chi connectivity index (χ4v) is 4.00. The van der Waals surface area contributed by atoms with Crippen LogP contribution in [0.4, 0.5) is 10.5 Å². The average Bonchev–Trinajstić information content (AvgIpc) is 2.63. The molecular formula is C20H28N4O2. The molecule has 2 fully saturated rings. The zero-order chi connectivity index (χ0) is 18.4. The zero-order valence-corrected chi connectivity index (χ0v) is 15.5. The second-order valence-electron chi connectivity index (χ2n) is 7.22. The number of nitrogens with one attached hydrogen (secondary N) is 2. The number of rotatable bonds is 6. The molecule has 0 spiro atoms. The Balaban J connectivity index is 1.47. The molecule has 26 heavy (non-hydrogen) atoms. The Morgan fingerprint density at radius 1 is 1.31 bits per heavy atom. The van der Waals surface area contributed by atoms with Crippen LogP contribution in [-0.4, -0.2) is 43.2 Å². The van der Waals surface area contributed by atoms with Gasteiger partial charge in [0.1, 0.15) is 0 Å². The van der Waals surface area contributed by atoms with Crippen molar-refractivity contribution in [2.75, 3.05) is 25.5 Å². The smallest absolute Gasteiger partial charge is 0.319 e. The highest BCUT2D eigenvalue weighted by Gasteiger charge is 2.34. The topological polar surface area (TPSA) is 77.4 Å². The summed E-state index contributed by atoms with van der Waals surface area (Å²) >= 11 is 0. The largest absolute Gasteiger partial charge is 0.380 e. The highest BCUT2D eigenvalue weighted by Crippen LogP contribution is 2.29. The van der Waals surface area contributed by atoms with Crippen molar-refractivity contribution in [3.63, 3.8) is 0 Å². The van der Waals surface area contributed by atoms with Crippen LogP contribution in [0, 0.1) is 11.3 Å². The van der Waals surface area contributed by atoms with Gasteiger partial charge in [0.2, 0.25) is 0 Å². The van der Waals surface area contributed by atoms with E-state index in [0.29, 0.717) is 36.5 Å². The first-order valence-electron chi connectivity index (χ1n) is 9.54. The SMILES string of the molecule is COCc1ccc(NC(=O)NCC2CCN2C2CCCCC2)cc1C#N. The molecule has 1 aliphatic carbocycles. The van der Waals surface area contributed by atoms with E-state index in [2.05, 4.69) is 21.6 Å². The van der Waals surface area contributed by atoms with Crippen LogP contribution in [0.15, 0.2) is 18.2 Å². The van der Waals surface area contributed by atoms with E-state index in [1.807, 2.05) is 6.07 Å². The summed E-state index contributed by atoms with van der Waals surface area (Å²) in [6, 6.07) is 8.39. The van der Waals surface area contributed by atoms with Crippen molar-refractivity contribution < 1.29 is 9.53 Å². The van der Waals surface area contributed by atoms with Gasteiger partial charge < -0.3 is 15.4 Å². The highest BCUT2D eigenvalue weighted by atomic mass is 16.5. The number of anilines is 1. The standard InChI is InChI=1S/C20H28N4O2/c1-26-14-15-7-8-17(11-16(15)12-21)23-20(25)22-13-19-9-10-24(19)18-5-3-2-4-6-18/h7-8,11,18-19H,2-6,9-10,13-14H2,1H3,(H2,22,23,25). The van der Waals surface area contributed by atoms with Crippen LogP contribution in [0.5, 0.6) is 0 Å². The molecule has 2 amide bonds. The first kappa shape index (κ1) is 18.7. The van der Waals surface area contributed by atoms with Gasteiger partial charge >= 0.3 is 6.03 Å². The maximum atomic E-state index is 12.2. The molecule has 2 N–H and O–H groups in total. The van der Waals surface area contributed by atoms with Gasteiger partial charge in [-0.3, -0.25) is 4.90 Å². The Morgan fingerprint density at radius 2 is 2.12 bits per heavy atom. The molecule has 2 aliphatic rings. The second kappa shape index (κ2) is 9.02. The van der Waals surface area contributed by atoms with Crippen molar-refractivity contribution in [3.05, 3.63) is 29.3 Å². The monoisotopic (exact) mass is 356 g/mol. The van der Waals surface area contributed by atoms with E-state index in [9.17, 15) is 10.1 Å². The van der Waals surface area contributed by atoms with Crippen molar-refractivity contribution >= 4 is 11.7 Å². The van der Waals surface area contributed by atoms with Crippen LogP contribution in [0.25, 0.3) is 0 Å². The fourth-order valence-electron chi connectivity index (χ4n) is 4.00. The molecule has 6 nitrogen and oxygen atoms in total. The normalized spacial score (nSPS) is 20.8. The van der Waals surface area contributed by atoms with Crippen LogP contribution in [0.3, 0.4) is 0 Å². The van der Waals surface area contributed by atoms with Gasteiger partial charge in [-0.05, 0) is 37.0 Å². The molecule has 1 atom stereocenters. The molecule has 0 radical (unpaired) electrons. The molecule has 0 bridgehead atoms. The van der Waals surface area contributed by atoms with E-state index < -0.39 is 0 Å². The van der Waals surface area contributed by atoms with E-state index in [1.54, 1.807) is 19.2 Å². The molecule has 3 rings (SSSR count). The van der Waals surface area contributed by atoms with Gasteiger partial charge in [0.25, 0.3) is 0 Å². The summed E-state index contributed by atoms with van der Waals surface area (Å²) in [5.41, 5.74) is 1.96. The van der Waals surface area contributed by atoms with E-state index in [0.717, 1.165) is 18.5 Å². The lowest BCUT2D eigenvalue weighted by Crippen LogP contribution is -2.58. The average molecular weight is 356 g/mol. The van der Waals surface area contributed by atoms with Crippen molar-refractivity contribution in [1.29, 1.82) is 5.26 Å². The maximum Gasteiger partial charge on any atom is 0.319 e. The Kier molecular flexibility index (Phi) is 6.48. The number of likely N-dealkylation sites (tertiary alicyclic amines) is 1. The van der Waals surface area contributed by atoms with Crippen LogP contribution in [0.1, 0.15) is 49.7 Å². The lowest BCUT2D eigenvalue weighted by Gasteiger charge is -2.47. The van der Waals surface area contributed by atoms with Gasteiger partial charge in [-0.2, -0.15) is 5.26 Å². The molecule has 140 valence electrons. The lowest BCUT2D eigenvalue weighted by molar-refractivity contribution is 0.0258. The van der Waals surface area contributed by atoms with E-state index in [1.165, 1.54) is 32.1 Å². The van der Waals surface area contributed by atoms with Crippen LogP contribution in [0.2, 0.25) is 0 Å². The molecule has 1 aromatic rings. The summed E-state index contributed by atoms with van der Waals surface area (Å²) in [6.07, 6.45) is 7.79. The van der Waals surface area contributed by atoms with Crippen molar-refractivity contribution in [1.82, 2.24) is 10.2 Å². The van der Waals surface area contributed by atoms with Gasteiger partial charge in [-0.1, -0.05) is 25.3 Å². The number of methoxy groups -OCH3 is 1. The number of hydrogen-bond acceptors (Lipinski definition) is 4. The zero-order valence-electron chi connectivity index (χ0n) is 15.5. The predicted octanol–water partition coefficient (Wildman–Crippen LogP) is 3.23. The number of carbonyl (C=O) groups excluding carboxylic acids is 1. The number of hydrogen-bond donors (Lipinski definition) is 2. The third-order valence-corrected chi connectivity index (χ3v) is 5.52. The lowest BCUT2D eigenvalue weighted by atomic mass is 9.89. The third kappa shape index (κ3) is 4.54. The van der Waals surface area contributed by atoms with Crippen LogP contribution >= 0.6 is 0 Å². The molecule has 0 aromatic heterocycles. The summed E-state index contributed by atoms with van der Waals surface area (Å²) in [4.78, 5) is 14.8. The molecule has 6 heteroatoms. The predicted molar refractivity (Wildman–Crippen MR) is 101 cm³/mol. The van der Waals surface area contributed by atoms with Crippen molar-refractivity contribution in [2.45, 2.75) is 57.2 Å². The van der Waals surface area contributed by atoms with E-state index in [4.69, 9.17) is 4.74 Å². The summed E-state index contributed by atoms with van der Waals surface area (Å²) in [5.74, 6) is 0. The Hall–Kier alpha value is -2.10. The van der Waals surface area contributed by atoms with Crippen molar-refractivity contribution in [2.24, 2.45) is 0 Å². The first-order chi connectivity index (χ1) is 12.7. The summed E-state index contributed by atoms with van der Waals surface area (Å²) in [7, 11) is 1.60. The van der Waals surface area contributed by atoms with Crippen molar-refractivity contribution in [3.8, 4) is 6.07 Å². The number of nitrogens with zero attached hydrogens (tertiary/aromatic N) is 2. The molecular weight excluding hydrogens is 328 g/mol. The minimum absolute atomic E-state index is 0.219. The van der Waals surface area contributed by atoms with Crippen LogP contribution < -0.4 is 10.6 Å². The quantitative estimate of drug-likeness (QED) is 0.820. The maximum absolute atomic E-state index is 12.2. The minimum Gasteiger partial charge on any atom is -0.380 e. The summed E-state index contributed by atoms with van der Waals surface area (Å²) in [6.45, 7) is 2.22. The number of amides is 2. The summed E-state index contributed by atoms with van der Waals surface area (Å²) in [5, 5.41) is 15.0. The molecule has 1 aliphatic heterocycles. The van der Waals surface area contributed by atoms with Gasteiger partial charge in [-0.25, -0.2) is 4.79 Å². The highest BCUT2D eigenvalue weighted by molar-refractivity contribution is 5.89. The number of benzene rings is 1. The Morgan fingerprint density at radius 3 is 2.77 bits per heavy atom. The van der Waals surface area contributed by atoms with Gasteiger partial charge in [0, 0.05) is 38.0 Å². The van der Waals surface area contributed by atoms with E-state index in [-0.39, 0.29) is 6.03 Å². The van der Waals surface area contributed by atoms with Gasteiger partial charge in [-0.15, -0.1) is 0 Å². The summed E-state index contributed by atoms with van der Waals surface area (Å²) < 4.78 is 5.08. The molecule has 1 saturated heterocycles. The first-order valence-corrected chi connectivity index (χ1v) is 9.54. The van der Waals surface area contributed by atoms with E-state index >= 15 is 0 Å². The molecule has 1 saturated carbocycles. The third-order valence-electron chi connectivity index (χ3n) is 5.52. The Bertz CT molecular complexity index is 664. The van der Waals surface area contributed by atoms with Crippen LogP contribution in [-0.2, 0) is 11.3 Å². The molecule has 1 heterocycles. The number of carbonyl (C=O) groups is 1.